The predicted octanol–water partition coefficient (Wildman–Crippen LogP) is 1.76. The van der Waals surface area contributed by atoms with Crippen LogP contribution >= 0.6 is 0 Å². The standard InChI is InChI=1S/C19H17N5O4S/c25-29(26,18-4-3-17-19(22-18)28-8-7-27-17)16-2-1-13-11-24(21-10-14(13)9-16)12-15-5-6-20-23-15/h1-6,9-10H,7-8,11-12H2,(H,20,23). The Morgan fingerprint density at radius 3 is 2.86 bits per heavy atom. The Kier molecular flexibility index (Phi) is 4.20. The lowest BCUT2D eigenvalue weighted by Gasteiger charge is -2.23. The van der Waals surface area contributed by atoms with Gasteiger partial charge < -0.3 is 9.47 Å². The Labute approximate surface area is 166 Å². The van der Waals surface area contributed by atoms with Gasteiger partial charge in [-0.3, -0.25) is 10.1 Å². The molecule has 0 aliphatic carbocycles. The maximum absolute atomic E-state index is 13.1. The van der Waals surface area contributed by atoms with Gasteiger partial charge in [0.15, 0.2) is 10.8 Å². The molecule has 9 nitrogen and oxygen atoms in total. The molecule has 2 aliphatic rings. The number of fused-ring (bicyclic) bond motifs is 2. The predicted molar refractivity (Wildman–Crippen MR) is 103 cm³/mol. The van der Waals surface area contributed by atoms with Gasteiger partial charge in [0.2, 0.25) is 9.84 Å². The molecule has 4 heterocycles. The highest BCUT2D eigenvalue weighted by atomic mass is 32.2. The van der Waals surface area contributed by atoms with Crippen molar-refractivity contribution in [3.63, 3.8) is 0 Å². The van der Waals surface area contributed by atoms with Gasteiger partial charge in [0, 0.05) is 11.8 Å². The molecule has 0 amide bonds. The van der Waals surface area contributed by atoms with E-state index in [0.717, 1.165) is 16.8 Å². The van der Waals surface area contributed by atoms with Crippen LogP contribution in [0.2, 0.25) is 0 Å². The summed E-state index contributed by atoms with van der Waals surface area (Å²) in [6.07, 6.45) is 3.43. The summed E-state index contributed by atoms with van der Waals surface area (Å²) in [5.74, 6) is 0.649. The van der Waals surface area contributed by atoms with Crippen LogP contribution in [-0.2, 0) is 22.9 Å². The number of H-pyrrole nitrogens is 1. The third-order valence-corrected chi connectivity index (χ3v) is 6.35. The monoisotopic (exact) mass is 411 g/mol. The minimum absolute atomic E-state index is 0.0744. The summed E-state index contributed by atoms with van der Waals surface area (Å²) >= 11 is 0. The molecule has 148 valence electrons. The van der Waals surface area contributed by atoms with Gasteiger partial charge >= 0.3 is 0 Å². The van der Waals surface area contributed by atoms with E-state index in [4.69, 9.17) is 9.47 Å². The van der Waals surface area contributed by atoms with Crippen LogP contribution in [0, 0.1) is 0 Å². The van der Waals surface area contributed by atoms with Crippen LogP contribution in [0.3, 0.4) is 0 Å². The summed E-state index contributed by atoms with van der Waals surface area (Å²) in [7, 11) is -3.80. The van der Waals surface area contributed by atoms with Crippen molar-refractivity contribution >= 4 is 16.1 Å². The summed E-state index contributed by atoms with van der Waals surface area (Å²) in [6, 6.07) is 9.92. The fraction of sp³-hybridized carbons (Fsp3) is 0.211. The Balaban J connectivity index is 1.42. The van der Waals surface area contributed by atoms with Gasteiger partial charge in [0.05, 0.1) is 29.9 Å². The van der Waals surface area contributed by atoms with E-state index in [1.165, 1.54) is 6.07 Å². The molecule has 2 aromatic heterocycles. The molecular formula is C19H17N5O4S. The zero-order chi connectivity index (χ0) is 19.8. The highest BCUT2D eigenvalue weighted by molar-refractivity contribution is 7.91. The number of aromatic nitrogens is 3. The number of sulfone groups is 1. The van der Waals surface area contributed by atoms with Crippen molar-refractivity contribution < 1.29 is 17.9 Å². The lowest BCUT2D eigenvalue weighted by atomic mass is 10.1. The molecule has 0 atom stereocenters. The third-order valence-electron chi connectivity index (χ3n) is 4.70. The van der Waals surface area contributed by atoms with Crippen molar-refractivity contribution in [2.45, 2.75) is 23.0 Å². The van der Waals surface area contributed by atoms with E-state index in [2.05, 4.69) is 20.3 Å². The number of hydrazone groups is 1. The molecule has 0 saturated heterocycles. The van der Waals surface area contributed by atoms with Crippen LogP contribution < -0.4 is 9.47 Å². The third kappa shape index (κ3) is 3.31. The molecule has 0 saturated carbocycles. The summed E-state index contributed by atoms with van der Waals surface area (Å²) in [4.78, 5) is 4.30. The van der Waals surface area contributed by atoms with Crippen LogP contribution in [0.1, 0.15) is 16.8 Å². The minimum Gasteiger partial charge on any atom is -0.484 e. The molecule has 0 spiro atoms. The normalized spacial score (nSPS) is 15.2. The number of pyridine rings is 1. The van der Waals surface area contributed by atoms with Crippen LogP contribution in [0.15, 0.2) is 57.6 Å². The fourth-order valence-electron chi connectivity index (χ4n) is 3.23. The first-order valence-electron chi connectivity index (χ1n) is 9.02. The second-order valence-corrected chi connectivity index (χ2v) is 8.54. The smallest absolute Gasteiger partial charge is 0.258 e. The largest absolute Gasteiger partial charge is 0.484 e. The quantitative estimate of drug-likeness (QED) is 0.696. The second-order valence-electron chi connectivity index (χ2n) is 6.65. The lowest BCUT2D eigenvalue weighted by Crippen LogP contribution is -2.22. The van der Waals surface area contributed by atoms with Crippen molar-refractivity contribution in [2.24, 2.45) is 5.10 Å². The molecule has 10 heteroatoms. The first-order valence-corrected chi connectivity index (χ1v) is 10.5. The number of ether oxygens (including phenoxy) is 2. The summed E-state index contributed by atoms with van der Waals surface area (Å²) in [6.45, 7) is 1.90. The zero-order valence-corrected chi connectivity index (χ0v) is 16.1. The molecule has 3 aromatic rings. The highest BCUT2D eigenvalue weighted by Gasteiger charge is 2.25. The van der Waals surface area contributed by atoms with Crippen LogP contribution in [0.25, 0.3) is 0 Å². The Morgan fingerprint density at radius 2 is 2.00 bits per heavy atom. The van der Waals surface area contributed by atoms with Crippen molar-refractivity contribution in [2.75, 3.05) is 13.2 Å². The maximum atomic E-state index is 13.1. The first-order chi connectivity index (χ1) is 14.1. The molecule has 0 radical (unpaired) electrons. The summed E-state index contributed by atoms with van der Waals surface area (Å²) < 4.78 is 36.9. The van der Waals surface area contributed by atoms with Gasteiger partial charge in [0.1, 0.15) is 13.2 Å². The topological polar surface area (TPSA) is 110 Å². The molecule has 1 N–H and O–H groups in total. The zero-order valence-electron chi connectivity index (χ0n) is 15.3. The van der Waals surface area contributed by atoms with Crippen LogP contribution in [0.4, 0.5) is 0 Å². The number of nitrogens with zero attached hydrogens (tertiary/aromatic N) is 4. The van der Waals surface area contributed by atoms with Crippen molar-refractivity contribution in [3.05, 3.63) is 59.4 Å². The van der Waals surface area contributed by atoms with Gasteiger partial charge in [-0.05, 0) is 35.9 Å². The molecule has 5 rings (SSSR count). The van der Waals surface area contributed by atoms with Crippen molar-refractivity contribution in [3.8, 4) is 11.6 Å². The Morgan fingerprint density at radius 1 is 1.10 bits per heavy atom. The number of hydrogen-bond donors (Lipinski definition) is 1. The molecule has 0 unspecified atom stereocenters. The van der Waals surface area contributed by atoms with Gasteiger partial charge in [0.25, 0.3) is 5.88 Å². The van der Waals surface area contributed by atoms with Crippen LogP contribution in [0.5, 0.6) is 11.6 Å². The van der Waals surface area contributed by atoms with E-state index < -0.39 is 9.84 Å². The average Bonchev–Trinajstić information content (AvgIpc) is 3.26. The molecule has 29 heavy (non-hydrogen) atoms. The van der Waals surface area contributed by atoms with Gasteiger partial charge in [-0.25, -0.2) is 8.42 Å². The van der Waals surface area contributed by atoms with Crippen molar-refractivity contribution in [1.82, 2.24) is 20.2 Å². The average molecular weight is 411 g/mol. The first kappa shape index (κ1) is 17.7. The SMILES string of the molecule is O=S(=O)(c1ccc2c(c1)C=NN(Cc1cc[nH]n1)C2)c1ccc2c(n1)OCCO2. The van der Waals surface area contributed by atoms with Crippen LogP contribution in [-0.4, -0.2) is 48.0 Å². The molecular weight excluding hydrogens is 394 g/mol. The number of aromatic amines is 1. The lowest BCUT2D eigenvalue weighted by molar-refractivity contribution is 0.163. The molecule has 0 fully saturated rings. The van der Waals surface area contributed by atoms with E-state index in [1.54, 1.807) is 30.6 Å². The maximum Gasteiger partial charge on any atom is 0.258 e. The number of rotatable bonds is 4. The Hall–Kier alpha value is -3.40. The highest BCUT2D eigenvalue weighted by Crippen LogP contribution is 2.31. The second kappa shape index (κ2) is 6.89. The number of hydrogen-bond acceptors (Lipinski definition) is 8. The van der Waals surface area contributed by atoms with E-state index in [-0.39, 0.29) is 15.8 Å². The summed E-state index contributed by atoms with van der Waals surface area (Å²) in [5.41, 5.74) is 2.64. The van der Waals surface area contributed by atoms with E-state index in [9.17, 15) is 8.42 Å². The number of benzene rings is 1. The van der Waals surface area contributed by atoms with E-state index in [1.807, 2.05) is 17.1 Å². The van der Waals surface area contributed by atoms with E-state index in [0.29, 0.717) is 32.1 Å². The molecule has 1 aromatic carbocycles. The van der Waals surface area contributed by atoms with E-state index >= 15 is 0 Å². The van der Waals surface area contributed by atoms with Gasteiger partial charge in [-0.15, -0.1) is 0 Å². The molecule has 2 aliphatic heterocycles. The Bertz CT molecular complexity index is 1190. The number of nitrogens with one attached hydrogen (secondary N) is 1. The van der Waals surface area contributed by atoms with Gasteiger partial charge in [-0.1, -0.05) is 6.07 Å². The minimum atomic E-state index is -3.80. The summed E-state index contributed by atoms with van der Waals surface area (Å²) in [5, 5.41) is 13.1. The van der Waals surface area contributed by atoms with Gasteiger partial charge in [-0.2, -0.15) is 15.2 Å². The van der Waals surface area contributed by atoms with Crippen molar-refractivity contribution in [1.29, 1.82) is 0 Å². The molecule has 0 bridgehead atoms. The fourth-order valence-corrected chi connectivity index (χ4v) is 4.45.